The highest BCUT2D eigenvalue weighted by molar-refractivity contribution is 7.85. The van der Waals surface area contributed by atoms with Crippen LogP contribution >= 0.6 is 0 Å². The molecule has 14 heavy (non-hydrogen) atoms. The van der Waals surface area contributed by atoms with Gasteiger partial charge in [-0.3, -0.25) is 0 Å². The highest BCUT2D eigenvalue weighted by Gasteiger charge is 2.23. The van der Waals surface area contributed by atoms with Gasteiger partial charge in [0.05, 0.1) is 23.6 Å². The zero-order chi connectivity index (χ0) is 10.8. The van der Waals surface area contributed by atoms with Gasteiger partial charge in [-0.1, -0.05) is 0 Å². The molecule has 0 saturated heterocycles. The Morgan fingerprint density at radius 2 is 2.21 bits per heavy atom. The molecular weight excluding hydrogens is 204 g/mol. The van der Waals surface area contributed by atoms with Crippen molar-refractivity contribution in [1.29, 1.82) is 0 Å². The molecule has 1 unspecified atom stereocenters. The number of hydrogen-bond donors (Lipinski definition) is 1. The summed E-state index contributed by atoms with van der Waals surface area (Å²) in [6.07, 6.45) is 4.28. The summed E-state index contributed by atoms with van der Waals surface area (Å²) in [5, 5.41) is 0. The molecule has 1 atom stereocenters. The minimum absolute atomic E-state index is 0.276. The fourth-order valence-corrected chi connectivity index (χ4v) is 1.86. The maximum atomic E-state index is 10.4. The van der Waals surface area contributed by atoms with Crippen LogP contribution in [0.1, 0.15) is 13.3 Å². The molecular formula is C8H15N2O3S+. The fraction of sp³-hybridized carbons (Fsp3) is 0.625. The first-order chi connectivity index (χ1) is 6.40. The van der Waals surface area contributed by atoms with Crippen LogP contribution in [0.4, 0.5) is 0 Å². The molecule has 80 valence electrons. The summed E-state index contributed by atoms with van der Waals surface area (Å²) in [6.45, 7) is 2.62. The quantitative estimate of drug-likeness (QED) is 0.455. The lowest BCUT2D eigenvalue weighted by Gasteiger charge is -2.08. The molecule has 1 N–H and O–H groups in total. The van der Waals surface area contributed by atoms with E-state index in [1.807, 2.05) is 30.9 Å². The van der Waals surface area contributed by atoms with E-state index in [1.165, 1.54) is 0 Å². The lowest BCUT2D eigenvalue weighted by molar-refractivity contribution is -0.758. The Balaban J connectivity index is 2.38. The summed E-state index contributed by atoms with van der Waals surface area (Å²) >= 11 is 0. The topological polar surface area (TPSA) is 64.7 Å². The van der Waals surface area contributed by atoms with Crippen molar-refractivity contribution in [3.8, 4) is 0 Å². The van der Waals surface area contributed by atoms with Crippen LogP contribution < -0.4 is 4.90 Å². The van der Waals surface area contributed by atoms with Crippen molar-refractivity contribution in [2.45, 2.75) is 13.3 Å². The number of hydrogen-bond acceptors (Lipinski definition) is 3. The van der Waals surface area contributed by atoms with Crippen molar-refractivity contribution in [3.63, 3.8) is 0 Å². The van der Waals surface area contributed by atoms with Gasteiger partial charge in [0.2, 0.25) is 6.20 Å². The van der Waals surface area contributed by atoms with Gasteiger partial charge < -0.3 is 4.55 Å². The Kier molecular flexibility index (Phi) is 3.41. The molecule has 0 aromatic carbocycles. The Hall–Kier alpha value is -0.720. The minimum Gasteiger partial charge on any atom is -0.748 e. The minimum atomic E-state index is -4.06. The molecule has 0 amide bonds. The monoisotopic (exact) mass is 219 g/mol. The first-order valence-corrected chi connectivity index (χ1v) is 6.02. The maximum absolute atomic E-state index is 10.4. The third-order valence-electron chi connectivity index (χ3n) is 2.33. The van der Waals surface area contributed by atoms with E-state index < -0.39 is 10.1 Å². The highest BCUT2D eigenvalue weighted by atomic mass is 32.2. The Morgan fingerprint density at radius 3 is 2.64 bits per heavy atom. The smallest absolute Gasteiger partial charge is 0.343 e. The first-order valence-electron chi connectivity index (χ1n) is 4.44. The van der Waals surface area contributed by atoms with Crippen molar-refractivity contribution >= 4 is 16.0 Å². The van der Waals surface area contributed by atoms with E-state index in [0.29, 0.717) is 13.0 Å². The fourth-order valence-electron chi connectivity index (χ4n) is 1.36. The molecule has 0 spiro atoms. The van der Waals surface area contributed by atoms with E-state index in [2.05, 4.69) is 0 Å². The van der Waals surface area contributed by atoms with Crippen LogP contribution in [-0.4, -0.2) is 42.7 Å². The maximum Gasteiger partial charge on any atom is 0.343 e. The summed E-state index contributed by atoms with van der Waals surface area (Å²) in [7, 11) is -2.12. The second kappa shape index (κ2) is 4.20. The SMILES string of the molecule is CC1=[N+](C)C=C[NH+]1CCCS(=O)(=O)[O-]. The summed E-state index contributed by atoms with van der Waals surface area (Å²) in [5.41, 5.74) is 0. The van der Waals surface area contributed by atoms with E-state index in [1.54, 1.807) is 0 Å². The summed E-state index contributed by atoms with van der Waals surface area (Å²) in [5.74, 6) is 0.842. The molecule has 1 aliphatic heterocycles. The number of quaternary nitrogens is 1. The molecule has 5 nitrogen and oxygen atoms in total. The third-order valence-corrected chi connectivity index (χ3v) is 3.12. The van der Waals surface area contributed by atoms with Crippen LogP contribution in [-0.2, 0) is 10.1 Å². The second-order valence-corrected chi connectivity index (χ2v) is 4.93. The number of nitrogens with zero attached hydrogens (tertiary/aromatic N) is 1. The summed E-state index contributed by atoms with van der Waals surface area (Å²) in [6, 6.07) is 0. The molecule has 0 radical (unpaired) electrons. The Morgan fingerprint density at radius 1 is 1.57 bits per heavy atom. The van der Waals surface area contributed by atoms with Crippen molar-refractivity contribution in [3.05, 3.63) is 12.4 Å². The molecule has 0 aromatic heterocycles. The van der Waals surface area contributed by atoms with E-state index >= 15 is 0 Å². The molecule has 1 heterocycles. The van der Waals surface area contributed by atoms with Gasteiger partial charge in [-0.2, -0.15) is 4.58 Å². The van der Waals surface area contributed by atoms with Crippen LogP contribution in [0.25, 0.3) is 0 Å². The van der Waals surface area contributed by atoms with Gasteiger partial charge in [0.25, 0.3) is 0 Å². The molecule has 6 heteroatoms. The highest BCUT2D eigenvalue weighted by Crippen LogP contribution is 1.86. The average Bonchev–Trinajstić information content (AvgIpc) is 2.33. The van der Waals surface area contributed by atoms with Crippen molar-refractivity contribution in [1.82, 2.24) is 0 Å². The van der Waals surface area contributed by atoms with Crippen molar-refractivity contribution in [2.24, 2.45) is 0 Å². The molecule has 0 aromatic rings. The van der Waals surface area contributed by atoms with Gasteiger partial charge in [0.1, 0.15) is 7.05 Å². The van der Waals surface area contributed by atoms with Crippen molar-refractivity contribution < 1.29 is 22.4 Å². The summed E-state index contributed by atoms with van der Waals surface area (Å²) in [4.78, 5) is 1.11. The van der Waals surface area contributed by atoms with Gasteiger partial charge in [0, 0.05) is 12.2 Å². The Labute approximate surface area is 84.1 Å². The van der Waals surface area contributed by atoms with Gasteiger partial charge in [0.15, 0.2) is 6.20 Å². The number of nitrogens with one attached hydrogen (secondary N) is 1. The molecule has 1 aliphatic rings. The average molecular weight is 219 g/mol. The van der Waals surface area contributed by atoms with Gasteiger partial charge in [-0.05, 0) is 0 Å². The van der Waals surface area contributed by atoms with Gasteiger partial charge >= 0.3 is 5.84 Å². The zero-order valence-electron chi connectivity index (χ0n) is 8.36. The predicted molar refractivity (Wildman–Crippen MR) is 51.0 cm³/mol. The first kappa shape index (κ1) is 11.4. The third kappa shape index (κ3) is 3.21. The number of rotatable bonds is 4. The lowest BCUT2D eigenvalue weighted by Crippen LogP contribution is -3.09. The molecule has 0 saturated carbocycles. The predicted octanol–water partition coefficient (Wildman–Crippen LogP) is -1.65. The van der Waals surface area contributed by atoms with Crippen LogP contribution in [0.15, 0.2) is 12.4 Å². The van der Waals surface area contributed by atoms with Crippen molar-refractivity contribution in [2.75, 3.05) is 19.3 Å². The van der Waals surface area contributed by atoms with E-state index in [9.17, 15) is 13.0 Å². The van der Waals surface area contributed by atoms with E-state index in [4.69, 9.17) is 0 Å². The largest absolute Gasteiger partial charge is 0.748 e. The Bertz CT molecular complexity index is 370. The standard InChI is InChI=1S/C8H14N2O3S/c1-8-9(2)5-6-10(8)4-3-7-14(11,12)13/h5-6H,3-4,7H2,1-2H3/p+1. The van der Waals surface area contributed by atoms with Gasteiger partial charge in [-0.25, -0.2) is 13.3 Å². The van der Waals surface area contributed by atoms with Crippen LogP contribution in [0.3, 0.4) is 0 Å². The van der Waals surface area contributed by atoms with Crippen LogP contribution in [0.2, 0.25) is 0 Å². The van der Waals surface area contributed by atoms with E-state index in [0.717, 1.165) is 10.7 Å². The molecule has 0 bridgehead atoms. The van der Waals surface area contributed by atoms with E-state index in [-0.39, 0.29) is 5.75 Å². The second-order valence-electron chi connectivity index (χ2n) is 3.40. The molecule has 1 rings (SSSR count). The number of amidine groups is 1. The summed E-state index contributed by atoms with van der Waals surface area (Å²) < 4.78 is 33.0. The van der Waals surface area contributed by atoms with Gasteiger partial charge in [-0.15, -0.1) is 0 Å². The zero-order valence-corrected chi connectivity index (χ0v) is 9.17. The normalized spacial score (nSPS) is 22.1. The van der Waals surface area contributed by atoms with Crippen LogP contribution in [0.5, 0.6) is 0 Å². The molecule has 0 fully saturated rings. The lowest BCUT2D eigenvalue weighted by atomic mass is 10.4. The molecule has 0 aliphatic carbocycles. The van der Waals surface area contributed by atoms with Crippen LogP contribution in [0, 0.1) is 0 Å².